The van der Waals surface area contributed by atoms with E-state index in [1.165, 1.54) is 4.90 Å². The summed E-state index contributed by atoms with van der Waals surface area (Å²) in [4.78, 5) is 45.2. The van der Waals surface area contributed by atoms with Crippen LogP contribution in [-0.4, -0.2) is 28.7 Å². The number of rotatable bonds is 9. The van der Waals surface area contributed by atoms with Gasteiger partial charge in [0.05, 0.1) is 0 Å². The molecular weight excluding hydrogens is 440 g/mol. The minimum Gasteiger partial charge on any atom is -0.352 e. The highest BCUT2D eigenvalue weighted by molar-refractivity contribution is 6.03. The number of nitrogens with one attached hydrogen (secondary N) is 2. The van der Waals surface area contributed by atoms with Gasteiger partial charge in [0.2, 0.25) is 17.7 Å². The lowest BCUT2D eigenvalue weighted by Crippen LogP contribution is -2.46. The Bertz CT molecular complexity index is 1160. The Morgan fingerprint density at radius 2 is 1.57 bits per heavy atom. The number of amides is 3. The van der Waals surface area contributed by atoms with E-state index in [-0.39, 0.29) is 36.6 Å². The van der Waals surface area contributed by atoms with Gasteiger partial charge < -0.3 is 10.6 Å². The van der Waals surface area contributed by atoms with Gasteiger partial charge >= 0.3 is 0 Å². The van der Waals surface area contributed by atoms with Crippen molar-refractivity contribution >= 4 is 29.2 Å². The molecule has 0 saturated heterocycles. The molecule has 7 nitrogen and oxygen atoms in total. The SMILES string of the molecule is Cc1ccc(C(C(=O)NC(C)C)N(C(=O)CCC(=O)Nc2ccccn2)c2ccccc2C)cc1. The van der Waals surface area contributed by atoms with Crippen LogP contribution in [0.4, 0.5) is 11.5 Å². The predicted octanol–water partition coefficient (Wildman–Crippen LogP) is 4.72. The van der Waals surface area contributed by atoms with Gasteiger partial charge in [-0.3, -0.25) is 19.3 Å². The van der Waals surface area contributed by atoms with Crippen LogP contribution in [0.1, 0.15) is 49.4 Å². The molecule has 0 spiro atoms. The molecule has 2 N–H and O–H groups in total. The van der Waals surface area contributed by atoms with E-state index in [0.717, 1.165) is 11.1 Å². The lowest BCUT2D eigenvalue weighted by atomic mass is 9.99. The Morgan fingerprint density at radius 3 is 2.20 bits per heavy atom. The second-order valence-corrected chi connectivity index (χ2v) is 8.79. The number of nitrogens with zero attached hydrogens (tertiary/aromatic N) is 2. The summed E-state index contributed by atoms with van der Waals surface area (Å²) in [6.07, 6.45) is 1.48. The van der Waals surface area contributed by atoms with Gasteiger partial charge in [0, 0.05) is 30.8 Å². The molecule has 0 aliphatic heterocycles. The number of para-hydroxylation sites is 1. The summed E-state index contributed by atoms with van der Waals surface area (Å²) in [7, 11) is 0. The fourth-order valence-corrected chi connectivity index (χ4v) is 3.76. The first-order chi connectivity index (χ1) is 16.8. The number of anilines is 2. The normalized spacial score (nSPS) is 11.6. The molecule has 0 aliphatic rings. The van der Waals surface area contributed by atoms with Gasteiger partial charge in [-0.05, 0) is 57.0 Å². The van der Waals surface area contributed by atoms with Crippen molar-refractivity contribution in [2.45, 2.75) is 52.6 Å². The van der Waals surface area contributed by atoms with Gasteiger partial charge in [-0.2, -0.15) is 0 Å². The second kappa shape index (κ2) is 11.9. The minimum atomic E-state index is -0.884. The van der Waals surface area contributed by atoms with Crippen LogP contribution in [-0.2, 0) is 14.4 Å². The highest BCUT2D eigenvalue weighted by Gasteiger charge is 2.33. The maximum Gasteiger partial charge on any atom is 0.248 e. The summed E-state index contributed by atoms with van der Waals surface area (Å²) in [5.41, 5.74) is 3.24. The van der Waals surface area contributed by atoms with E-state index < -0.39 is 6.04 Å². The van der Waals surface area contributed by atoms with Gasteiger partial charge in [0.25, 0.3) is 0 Å². The Balaban J connectivity index is 1.94. The molecule has 0 radical (unpaired) electrons. The van der Waals surface area contributed by atoms with Crippen LogP contribution < -0.4 is 15.5 Å². The van der Waals surface area contributed by atoms with Gasteiger partial charge in [0.1, 0.15) is 11.9 Å². The predicted molar refractivity (Wildman–Crippen MR) is 138 cm³/mol. The van der Waals surface area contributed by atoms with E-state index in [1.807, 2.05) is 76.2 Å². The Hall–Kier alpha value is -4.00. The van der Waals surface area contributed by atoms with Crippen molar-refractivity contribution in [3.8, 4) is 0 Å². The molecule has 0 aliphatic carbocycles. The minimum absolute atomic E-state index is 0.0375. The van der Waals surface area contributed by atoms with Crippen molar-refractivity contribution < 1.29 is 14.4 Å². The molecule has 1 heterocycles. The van der Waals surface area contributed by atoms with E-state index in [9.17, 15) is 14.4 Å². The van der Waals surface area contributed by atoms with Crippen molar-refractivity contribution in [1.29, 1.82) is 0 Å². The maximum atomic E-state index is 13.7. The van der Waals surface area contributed by atoms with Crippen molar-refractivity contribution in [1.82, 2.24) is 10.3 Å². The Labute approximate surface area is 206 Å². The first-order valence-electron chi connectivity index (χ1n) is 11.7. The molecule has 3 aromatic rings. The number of benzene rings is 2. The summed E-state index contributed by atoms with van der Waals surface area (Å²) < 4.78 is 0. The van der Waals surface area contributed by atoms with E-state index in [1.54, 1.807) is 24.4 Å². The van der Waals surface area contributed by atoms with E-state index in [0.29, 0.717) is 17.1 Å². The van der Waals surface area contributed by atoms with Crippen LogP contribution in [0.2, 0.25) is 0 Å². The first-order valence-corrected chi connectivity index (χ1v) is 11.7. The first kappa shape index (κ1) is 25.6. The molecule has 0 saturated carbocycles. The summed E-state index contributed by atoms with van der Waals surface area (Å²) in [6.45, 7) is 7.63. The molecule has 1 unspecified atom stereocenters. The molecule has 3 amide bonds. The monoisotopic (exact) mass is 472 g/mol. The maximum absolute atomic E-state index is 13.7. The number of carbonyl (C=O) groups is 3. The number of hydrogen-bond acceptors (Lipinski definition) is 4. The molecular formula is C28H32N4O3. The zero-order chi connectivity index (χ0) is 25.4. The summed E-state index contributed by atoms with van der Waals surface area (Å²) in [6, 6.07) is 19.2. The highest BCUT2D eigenvalue weighted by Crippen LogP contribution is 2.31. The molecule has 1 atom stereocenters. The van der Waals surface area contributed by atoms with E-state index in [4.69, 9.17) is 0 Å². The average molecular weight is 473 g/mol. The quantitative estimate of drug-likeness (QED) is 0.472. The molecule has 1 aromatic heterocycles. The van der Waals surface area contributed by atoms with Gasteiger partial charge in [-0.15, -0.1) is 0 Å². The lowest BCUT2D eigenvalue weighted by molar-refractivity contribution is -0.127. The summed E-state index contributed by atoms with van der Waals surface area (Å²) in [5, 5.41) is 5.66. The molecule has 0 bridgehead atoms. The average Bonchev–Trinajstić information content (AvgIpc) is 2.82. The number of hydrogen-bond donors (Lipinski definition) is 2. The van der Waals surface area contributed by atoms with Crippen molar-refractivity contribution in [2.75, 3.05) is 10.2 Å². The van der Waals surface area contributed by atoms with Crippen LogP contribution >= 0.6 is 0 Å². The van der Waals surface area contributed by atoms with Crippen LogP contribution in [0, 0.1) is 13.8 Å². The van der Waals surface area contributed by atoms with E-state index >= 15 is 0 Å². The topological polar surface area (TPSA) is 91.4 Å². The number of aromatic nitrogens is 1. The third kappa shape index (κ3) is 6.99. The standard InChI is InChI=1S/C28H32N4O3/c1-19(2)30-28(35)27(22-14-12-20(3)13-15-22)32(23-10-6-5-9-21(23)4)26(34)17-16-25(33)31-24-11-7-8-18-29-24/h5-15,18-19,27H,16-17H2,1-4H3,(H,30,35)(H,29,31,33). The highest BCUT2D eigenvalue weighted by atomic mass is 16.2. The number of carbonyl (C=O) groups excluding carboxylic acids is 3. The number of aryl methyl sites for hydroxylation is 2. The van der Waals surface area contributed by atoms with Crippen molar-refractivity contribution in [3.05, 3.63) is 89.6 Å². The molecule has 3 rings (SSSR count). The zero-order valence-corrected chi connectivity index (χ0v) is 20.6. The van der Waals surface area contributed by atoms with Crippen LogP contribution in [0.15, 0.2) is 72.9 Å². The lowest BCUT2D eigenvalue weighted by Gasteiger charge is -2.33. The molecule has 35 heavy (non-hydrogen) atoms. The summed E-state index contributed by atoms with van der Waals surface area (Å²) >= 11 is 0. The fraction of sp³-hybridized carbons (Fsp3) is 0.286. The Morgan fingerprint density at radius 1 is 0.886 bits per heavy atom. The van der Waals surface area contributed by atoms with Gasteiger partial charge in [-0.25, -0.2) is 4.98 Å². The molecule has 2 aromatic carbocycles. The Kier molecular flexibility index (Phi) is 8.73. The molecule has 0 fully saturated rings. The van der Waals surface area contributed by atoms with Gasteiger partial charge in [0.15, 0.2) is 0 Å². The van der Waals surface area contributed by atoms with E-state index in [2.05, 4.69) is 15.6 Å². The third-order valence-corrected chi connectivity index (χ3v) is 5.47. The second-order valence-electron chi connectivity index (χ2n) is 8.79. The molecule has 7 heteroatoms. The van der Waals surface area contributed by atoms with Crippen LogP contribution in [0.25, 0.3) is 0 Å². The van der Waals surface area contributed by atoms with Gasteiger partial charge in [-0.1, -0.05) is 54.1 Å². The smallest absolute Gasteiger partial charge is 0.248 e. The van der Waals surface area contributed by atoms with Crippen molar-refractivity contribution in [3.63, 3.8) is 0 Å². The zero-order valence-electron chi connectivity index (χ0n) is 20.6. The number of pyridine rings is 1. The van der Waals surface area contributed by atoms with Crippen LogP contribution in [0.3, 0.4) is 0 Å². The largest absolute Gasteiger partial charge is 0.352 e. The summed E-state index contributed by atoms with van der Waals surface area (Å²) in [5.74, 6) is -0.492. The van der Waals surface area contributed by atoms with Crippen LogP contribution in [0.5, 0.6) is 0 Å². The fourth-order valence-electron chi connectivity index (χ4n) is 3.76. The third-order valence-electron chi connectivity index (χ3n) is 5.47. The van der Waals surface area contributed by atoms with Crippen molar-refractivity contribution in [2.24, 2.45) is 0 Å². The molecule has 182 valence electrons.